The normalized spacial score (nSPS) is 11.3. The average Bonchev–Trinajstić information content (AvgIpc) is 2.67. The number of ether oxygens (including phenoxy) is 2. The number of aryl methyl sites for hydroxylation is 1. The summed E-state index contributed by atoms with van der Waals surface area (Å²) in [6, 6.07) is 12.3. The van der Waals surface area contributed by atoms with Gasteiger partial charge in [-0.05, 0) is 77.9 Å². The maximum absolute atomic E-state index is 12.5. The third-order valence-electron chi connectivity index (χ3n) is 3.90. The van der Waals surface area contributed by atoms with Gasteiger partial charge in [0.2, 0.25) is 0 Å². The summed E-state index contributed by atoms with van der Waals surface area (Å²) >= 11 is 2.23. The first-order valence-corrected chi connectivity index (χ1v) is 9.41. The molecule has 6 heteroatoms. The lowest BCUT2D eigenvalue weighted by molar-refractivity contribution is -0.141. The van der Waals surface area contributed by atoms with Crippen LogP contribution in [0.4, 0.5) is 5.69 Å². The van der Waals surface area contributed by atoms with Gasteiger partial charge in [-0.15, -0.1) is 0 Å². The first kappa shape index (κ1) is 20.0. The largest absolute Gasteiger partial charge is 0.492 e. The van der Waals surface area contributed by atoms with E-state index >= 15 is 0 Å². The van der Waals surface area contributed by atoms with Crippen molar-refractivity contribution < 1.29 is 14.3 Å². The maximum atomic E-state index is 12.5. The molecule has 0 saturated carbocycles. The van der Waals surface area contributed by atoms with Crippen LogP contribution in [0.1, 0.15) is 36.6 Å². The van der Waals surface area contributed by atoms with E-state index in [2.05, 4.69) is 47.0 Å². The molecule has 2 aromatic carbocycles. The molecule has 0 aromatic heterocycles. The summed E-state index contributed by atoms with van der Waals surface area (Å²) in [5.41, 5.74) is 3.14. The second-order valence-electron chi connectivity index (χ2n) is 5.57. The van der Waals surface area contributed by atoms with E-state index in [-0.39, 0.29) is 0 Å². The molecule has 0 radical (unpaired) electrons. The summed E-state index contributed by atoms with van der Waals surface area (Å²) in [5.74, 6) is 0.279. The number of nitrogens with zero attached hydrogens (tertiary/aromatic N) is 1. The minimum atomic E-state index is -0.713. The fourth-order valence-electron chi connectivity index (χ4n) is 2.58. The monoisotopic (exact) mass is 464 g/mol. The Morgan fingerprint density at radius 2 is 1.96 bits per heavy atom. The number of carbonyl (C=O) groups is 1. The van der Waals surface area contributed by atoms with Gasteiger partial charge in [-0.2, -0.15) is 5.26 Å². The van der Waals surface area contributed by atoms with Crippen LogP contribution in [0, 0.1) is 14.9 Å². The summed E-state index contributed by atoms with van der Waals surface area (Å²) in [5, 5.41) is 12.1. The van der Waals surface area contributed by atoms with E-state index in [1.165, 1.54) is 7.11 Å². The molecule has 0 bridgehead atoms. The second-order valence-corrected chi connectivity index (χ2v) is 6.73. The highest BCUT2D eigenvalue weighted by molar-refractivity contribution is 14.1. The zero-order valence-corrected chi connectivity index (χ0v) is 17.2. The lowest BCUT2D eigenvalue weighted by Crippen LogP contribution is -2.23. The van der Waals surface area contributed by atoms with Crippen molar-refractivity contribution >= 4 is 34.2 Å². The number of hydrogen-bond acceptors (Lipinski definition) is 5. The molecule has 0 spiro atoms. The Balaban J connectivity index is 2.50. The lowest BCUT2D eigenvalue weighted by Gasteiger charge is -2.22. The Kier molecular flexibility index (Phi) is 7.27. The van der Waals surface area contributed by atoms with Crippen molar-refractivity contribution in [1.29, 1.82) is 5.26 Å². The molecular weight excluding hydrogens is 443 g/mol. The quantitative estimate of drug-likeness (QED) is 0.485. The molecule has 2 aromatic rings. The number of methoxy groups -OCH3 is 1. The third-order valence-corrected chi connectivity index (χ3v) is 4.70. The fourth-order valence-corrected chi connectivity index (χ4v) is 3.44. The smallest absolute Gasteiger partial charge is 0.333 e. The highest BCUT2D eigenvalue weighted by atomic mass is 127. The van der Waals surface area contributed by atoms with Crippen LogP contribution in [-0.2, 0) is 16.0 Å². The molecule has 0 aliphatic rings. The minimum absolute atomic E-state index is 0.403. The highest BCUT2D eigenvalue weighted by Gasteiger charge is 2.27. The Morgan fingerprint density at radius 3 is 2.50 bits per heavy atom. The van der Waals surface area contributed by atoms with Gasteiger partial charge in [0.1, 0.15) is 5.75 Å². The number of rotatable bonds is 7. The summed E-state index contributed by atoms with van der Waals surface area (Å²) < 4.78 is 11.8. The molecule has 1 unspecified atom stereocenters. The SMILES string of the molecule is CCOc1c(I)cc(CC)cc1C(Nc1ccc(C#N)cc1)C(=O)OC. The number of carbonyl (C=O) groups excluding carboxylic acids is 1. The second kappa shape index (κ2) is 9.43. The molecule has 5 nitrogen and oxygen atoms in total. The molecule has 0 fully saturated rings. The average molecular weight is 464 g/mol. The Labute approximate surface area is 167 Å². The Bertz CT molecular complexity index is 813. The van der Waals surface area contributed by atoms with Crippen molar-refractivity contribution in [2.75, 3.05) is 19.0 Å². The van der Waals surface area contributed by atoms with E-state index in [1.807, 2.05) is 13.0 Å². The van der Waals surface area contributed by atoms with Crippen LogP contribution in [0.15, 0.2) is 36.4 Å². The van der Waals surface area contributed by atoms with E-state index in [4.69, 9.17) is 14.7 Å². The molecule has 0 heterocycles. The molecule has 0 aliphatic heterocycles. The van der Waals surface area contributed by atoms with E-state index in [0.717, 1.165) is 26.8 Å². The van der Waals surface area contributed by atoms with E-state index in [9.17, 15) is 4.79 Å². The third kappa shape index (κ3) is 4.67. The Morgan fingerprint density at radius 1 is 1.27 bits per heavy atom. The van der Waals surface area contributed by atoms with Crippen LogP contribution in [0.3, 0.4) is 0 Å². The van der Waals surface area contributed by atoms with Crippen LogP contribution in [0.25, 0.3) is 0 Å². The van der Waals surface area contributed by atoms with Gasteiger partial charge in [-0.25, -0.2) is 4.79 Å². The molecule has 0 amide bonds. The highest BCUT2D eigenvalue weighted by Crippen LogP contribution is 2.34. The zero-order valence-electron chi connectivity index (χ0n) is 15.0. The first-order valence-electron chi connectivity index (χ1n) is 8.33. The van der Waals surface area contributed by atoms with Crippen molar-refractivity contribution in [2.45, 2.75) is 26.3 Å². The van der Waals surface area contributed by atoms with Gasteiger partial charge in [0.25, 0.3) is 0 Å². The number of halogens is 1. The summed E-state index contributed by atoms with van der Waals surface area (Å²) in [6.07, 6.45) is 0.847. The minimum Gasteiger partial charge on any atom is -0.492 e. The van der Waals surface area contributed by atoms with Crippen molar-refractivity contribution in [3.8, 4) is 11.8 Å². The van der Waals surface area contributed by atoms with E-state index in [1.54, 1.807) is 24.3 Å². The van der Waals surface area contributed by atoms with Gasteiger partial charge >= 0.3 is 5.97 Å². The van der Waals surface area contributed by atoms with E-state index in [0.29, 0.717) is 17.9 Å². The van der Waals surface area contributed by atoms with Gasteiger partial charge < -0.3 is 14.8 Å². The molecule has 136 valence electrons. The molecule has 26 heavy (non-hydrogen) atoms. The standard InChI is InChI=1S/C20H21IN2O3/c1-4-13-10-16(19(26-5-2)17(21)11-13)18(20(24)25-3)23-15-8-6-14(12-22)7-9-15/h6-11,18,23H,4-5H2,1-3H3. The molecule has 1 N–H and O–H groups in total. The summed E-state index contributed by atoms with van der Waals surface area (Å²) in [4.78, 5) is 12.5. The van der Waals surface area contributed by atoms with Crippen molar-refractivity contribution in [2.24, 2.45) is 0 Å². The fraction of sp³-hybridized carbons (Fsp3) is 0.300. The van der Waals surface area contributed by atoms with Crippen LogP contribution < -0.4 is 10.1 Å². The first-order chi connectivity index (χ1) is 12.5. The van der Waals surface area contributed by atoms with Gasteiger partial charge in [0.15, 0.2) is 6.04 Å². The number of esters is 1. The number of benzene rings is 2. The molecule has 2 rings (SSSR count). The molecule has 0 saturated heterocycles. The predicted molar refractivity (Wildman–Crippen MR) is 109 cm³/mol. The lowest BCUT2D eigenvalue weighted by atomic mass is 10.0. The molecule has 1 atom stereocenters. The number of nitrogens with one attached hydrogen (secondary N) is 1. The van der Waals surface area contributed by atoms with Gasteiger partial charge in [0.05, 0.1) is 28.9 Å². The van der Waals surface area contributed by atoms with Crippen LogP contribution in [0.5, 0.6) is 5.75 Å². The number of hydrogen-bond donors (Lipinski definition) is 1. The van der Waals surface area contributed by atoms with Crippen molar-refractivity contribution in [3.63, 3.8) is 0 Å². The van der Waals surface area contributed by atoms with Crippen LogP contribution in [0.2, 0.25) is 0 Å². The number of nitriles is 1. The molecular formula is C20H21IN2O3. The zero-order chi connectivity index (χ0) is 19.1. The van der Waals surface area contributed by atoms with Gasteiger partial charge in [0, 0.05) is 11.3 Å². The van der Waals surface area contributed by atoms with Crippen molar-refractivity contribution in [1.82, 2.24) is 0 Å². The van der Waals surface area contributed by atoms with Gasteiger partial charge in [-0.3, -0.25) is 0 Å². The topological polar surface area (TPSA) is 71.3 Å². The maximum Gasteiger partial charge on any atom is 0.333 e. The van der Waals surface area contributed by atoms with Crippen molar-refractivity contribution in [3.05, 3.63) is 56.7 Å². The number of anilines is 1. The molecule has 0 aliphatic carbocycles. The predicted octanol–water partition coefficient (Wildman–Crippen LogP) is 4.45. The van der Waals surface area contributed by atoms with E-state index < -0.39 is 12.0 Å². The van der Waals surface area contributed by atoms with Gasteiger partial charge in [-0.1, -0.05) is 6.92 Å². The van der Waals surface area contributed by atoms with Crippen LogP contribution >= 0.6 is 22.6 Å². The Hall–Kier alpha value is -2.27. The summed E-state index contributed by atoms with van der Waals surface area (Å²) in [7, 11) is 1.37. The summed E-state index contributed by atoms with van der Waals surface area (Å²) in [6.45, 7) is 4.48. The van der Waals surface area contributed by atoms with Crippen LogP contribution in [-0.4, -0.2) is 19.7 Å².